The average Bonchev–Trinajstić information content (AvgIpc) is 3.17. The van der Waals surface area contributed by atoms with Crippen LogP contribution in [0.4, 0.5) is 0 Å². The molecule has 1 saturated carbocycles. The summed E-state index contributed by atoms with van der Waals surface area (Å²) in [7, 11) is 0. The lowest BCUT2D eigenvalue weighted by Gasteiger charge is -2.27. The number of hydrogen-bond donors (Lipinski definition) is 1. The Bertz CT molecular complexity index is 499. The maximum atomic E-state index is 12.7. The molecule has 3 rings (SSSR count). The molecule has 1 N–H and O–H groups in total. The Kier molecular flexibility index (Phi) is 3.78. The Balaban J connectivity index is 1.69. The van der Waals surface area contributed by atoms with Crippen LogP contribution in [0.15, 0.2) is 16.8 Å². The number of hydrogen-bond acceptors (Lipinski definition) is 3. The molecule has 2 aliphatic rings. The molecule has 2 heterocycles. The first-order valence-corrected chi connectivity index (χ1v) is 8.16. The van der Waals surface area contributed by atoms with E-state index in [2.05, 4.69) is 11.4 Å². The number of carbonyl (C=O) groups excluding carboxylic acids is 1. The van der Waals surface area contributed by atoms with Gasteiger partial charge in [0.1, 0.15) is 0 Å². The zero-order valence-electron chi connectivity index (χ0n) is 11.3. The lowest BCUT2D eigenvalue weighted by Crippen LogP contribution is -2.35. The third kappa shape index (κ3) is 2.46. The van der Waals surface area contributed by atoms with Gasteiger partial charge in [-0.1, -0.05) is 0 Å². The van der Waals surface area contributed by atoms with Crippen molar-refractivity contribution in [2.75, 3.05) is 6.54 Å². The Morgan fingerprint density at radius 1 is 1.25 bits per heavy atom. The van der Waals surface area contributed by atoms with Gasteiger partial charge in [-0.05, 0) is 54.5 Å². The van der Waals surface area contributed by atoms with E-state index in [0.29, 0.717) is 12.8 Å². The van der Waals surface area contributed by atoms with E-state index in [0.717, 1.165) is 25.8 Å². The van der Waals surface area contributed by atoms with Gasteiger partial charge in [0.2, 0.25) is 5.91 Å². The van der Waals surface area contributed by atoms with Gasteiger partial charge in [0, 0.05) is 12.5 Å². The van der Waals surface area contributed by atoms with Crippen molar-refractivity contribution in [1.82, 2.24) is 4.90 Å². The number of carboxylic acid groups (broad SMARTS) is 1. The zero-order valence-corrected chi connectivity index (χ0v) is 12.1. The van der Waals surface area contributed by atoms with Gasteiger partial charge in [-0.2, -0.15) is 11.3 Å². The van der Waals surface area contributed by atoms with Gasteiger partial charge >= 0.3 is 5.97 Å². The van der Waals surface area contributed by atoms with Gasteiger partial charge in [-0.15, -0.1) is 0 Å². The van der Waals surface area contributed by atoms with E-state index >= 15 is 0 Å². The molecule has 2 fully saturated rings. The molecule has 1 aliphatic heterocycles. The van der Waals surface area contributed by atoms with Crippen LogP contribution < -0.4 is 0 Å². The fourth-order valence-electron chi connectivity index (χ4n) is 3.51. The molecule has 20 heavy (non-hydrogen) atoms. The van der Waals surface area contributed by atoms with Crippen molar-refractivity contribution in [3.05, 3.63) is 22.4 Å². The molecule has 1 saturated heterocycles. The van der Waals surface area contributed by atoms with Crippen molar-refractivity contribution < 1.29 is 14.7 Å². The molecule has 4 nitrogen and oxygen atoms in total. The van der Waals surface area contributed by atoms with Crippen molar-refractivity contribution in [1.29, 1.82) is 0 Å². The van der Waals surface area contributed by atoms with Gasteiger partial charge in [0.05, 0.1) is 12.0 Å². The van der Waals surface area contributed by atoms with Gasteiger partial charge in [0.15, 0.2) is 0 Å². The second-order valence-corrected chi connectivity index (χ2v) is 6.57. The van der Waals surface area contributed by atoms with E-state index in [-0.39, 0.29) is 23.8 Å². The van der Waals surface area contributed by atoms with Crippen molar-refractivity contribution in [3.8, 4) is 0 Å². The Morgan fingerprint density at radius 3 is 2.70 bits per heavy atom. The molecule has 0 radical (unpaired) electrons. The van der Waals surface area contributed by atoms with Crippen LogP contribution in [0.5, 0.6) is 0 Å². The molecular formula is C15H19NO3S. The topological polar surface area (TPSA) is 57.6 Å². The van der Waals surface area contributed by atoms with E-state index in [1.165, 1.54) is 5.56 Å². The van der Waals surface area contributed by atoms with Crippen LogP contribution >= 0.6 is 11.3 Å². The van der Waals surface area contributed by atoms with Crippen LogP contribution in [-0.4, -0.2) is 28.4 Å². The fourth-order valence-corrected chi connectivity index (χ4v) is 4.21. The molecule has 1 aromatic heterocycles. The molecule has 3 atom stereocenters. The Morgan fingerprint density at radius 2 is 2.05 bits per heavy atom. The van der Waals surface area contributed by atoms with Crippen LogP contribution in [0.2, 0.25) is 0 Å². The first-order chi connectivity index (χ1) is 9.66. The highest BCUT2D eigenvalue weighted by molar-refractivity contribution is 7.07. The van der Waals surface area contributed by atoms with Crippen molar-refractivity contribution in [2.24, 2.45) is 11.8 Å². The molecule has 0 bridgehead atoms. The number of nitrogens with zero attached hydrogens (tertiary/aromatic N) is 1. The normalized spacial score (nSPS) is 29.8. The SMILES string of the molecule is O=C(O)[C@H]1CC[C@@H](C(=O)N2CCCC2c2ccsc2)C1. The van der Waals surface area contributed by atoms with Crippen molar-refractivity contribution in [3.63, 3.8) is 0 Å². The minimum atomic E-state index is -0.754. The van der Waals surface area contributed by atoms with E-state index in [4.69, 9.17) is 5.11 Å². The largest absolute Gasteiger partial charge is 0.481 e. The minimum Gasteiger partial charge on any atom is -0.481 e. The summed E-state index contributed by atoms with van der Waals surface area (Å²) in [5.74, 6) is -1.000. The number of amides is 1. The van der Waals surface area contributed by atoms with E-state index < -0.39 is 5.97 Å². The lowest BCUT2D eigenvalue weighted by atomic mass is 10.0. The van der Waals surface area contributed by atoms with Crippen LogP contribution in [0.25, 0.3) is 0 Å². The summed E-state index contributed by atoms with van der Waals surface area (Å²) < 4.78 is 0. The second kappa shape index (κ2) is 5.56. The maximum absolute atomic E-state index is 12.7. The van der Waals surface area contributed by atoms with Crippen LogP contribution in [0.3, 0.4) is 0 Å². The highest BCUT2D eigenvalue weighted by Gasteiger charge is 2.39. The van der Waals surface area contributed by atoms with Gasteiger partial charge in [-0.25, -0.2) is 0 Å². The highest BCUT2D eigenvalue weighted by atomic mass is 32.1. The fraction of sp³-hybridized carbons (Fsp3) is 0.600. The van der Waals surface area contributed by atoms with Crippen LogP contribution in [-0.2, 0) is 9.59 Å². The average molecular weight is 293 g/mol. The summed E-state index contributed by atoms with van der Waals surface area (Å²) in [6, 6.07) is 2.30. The van der Waals surface area contributed by atoms with Gasteiger partial charge < -0.3 is 10.0 Å². The number of carboxylic acids is 1. The maximum Gasteiger partial charge on any atom is 0.306 e. The number of thiophene rings is 1. The van der Waals surface area contributed by atoms with E-state index in [1.807, 2.05) is 10.3 Å². The summed E-state index contributed by atoms with van der Waals surface area (Å²) >= 11 is 1.66. The summed E-state index contributed by atoms with van der Waals surface area (Å²) in [4.78, 5) is 25.7. The number of rotatable bonds is 3. The third-order valence-electron chi connectivity index (χ3n) is 4.59. The standard InChI is InChI=1S/C15H19NO3S/c17-14(10-3-4-11(8-10)15(18)19)16-6-1-2-13(16)12-5-7-20-9-12/h5,7,9-11,13H,1-4,6,8H2,(H,18,19)/t10-,11+,13?/m1/s1. The molecule has 5 heteroatoms. The lowest BCUT2D eigenvalue weighted by molar-refractivity contribution is -0.141. The van der Waals surface area contributed by atoms with Gasteiger partial charge in [-0.3, -0.25) is 9.59 Å². The van der Waals surface area contributed by atoms with Crippen LogP contribution in [0.1, 0.15) is 43.7 Å². The molecule has 1 aliphatic carbocycles. The summed E-state index contributed by atoms with van der Waals surface area (Å²) in [6.45, 7) is 0.813. The minimum absolute atomic E-state index is 0.0877. The quantitative estimate of drug-likeness (QED) is 0.932. The number of carbonyl (C=O) groups is 2. The Hall–Kier alpha value is -1.36. The van der Waals surface area contributed by atoms with Crippen molar-refractivity contribution >= 4 is 23.2 Å². The molecule has 108 valence electrons. The van der Waals surface area contributed by atoms with Crippen molar-refractivity contribution in [2.45, 2.75) is 38.1 Å². The predicted molar refractivity (Wildman–Crippen MR) is 76.5 cm³/mol. The monoisotopic (exact) mass is 293 g/mol. The molecule has 1 amide bonds. The highest BCUT2D eigenvalue weighted by Crippen LogP contribution is 2.38. The first-order valence-electron chi connectivity index (χ1n) is 7.22. The summed E-state index contributed by atoms with van der Waals surface area (Å²) in [6.07, 6.45) is 3.95. The predicted octanol–water partition coefficient (Wildman–Crippen LogP) is 2.91. The zero-order chi connectivity index (χ0) is 14.1. The number of aliphatic carboxylic acids is 1. The van der Waals surface area contributed by atoms with E-state index in [9.17, 15) is 9.59 Å². The summed E-state index contributed by atoms with van der Waals surface area (Å²) in [5.41, 5.74) is 1.23. The first kappa shape index (κ1) is 13.6. The molecule has 0 aromatic carbocycles. The van der Waals surface area contributed by atoms with E-state index in [1.54, 1.807) is 11.3 Å². The molecule has 1 unspecified atom stereocenters. The van der Waals surface area contributed by atoms with Crippen LogP contribution in [0, 0.1) is 11.8 Å². The molecule has 1 aromatic rings. The second-order valence-electron chi connectivity index (χ2n) is 5.79. The smallest absolute Gasteiger partial charge is 0.306 e. The number of likely N-dealkylation sites (tertiary alicyclic amines) is 1. The Labute approximate surface area is 122 Å². The van der Waals surface area contributed by atoms with Gasteiger partial charge in [0.25, 0.3) is 0 Å². The third-order valence-corrected chi connectivity index (χ3v) is 5.30. The molecular weight excluding hydrogens is 274 g/mol. The summed E-state index contributed by atoms with van der Waals surface area (Å²) in [5, 5.41) is 13.2. The molecule has 0 spiro atoms.